The Hall–Kier alpha value is -2.05. The number of thiazole rings is 1. The zero-order chi connectivity index (χ0) is 20.2. The van der Waals surface area contributed by atoms with Crippen LogP contribution in [-0.4, -0.2) is 20.6 Å². The Kier molecular flexibility index (Phi) is 6.40. The van der Waals surface area contributed by atoms with Gasteiger partial charge in [-0.2, -0.15) is 0 Å². The van der Waals surface area contributed by atoms with Crippen molar-refractivity contribution < 1.29 is 9.90 Å². The Morgan fingerprint density at radius 2 is 1.97 bits per heavy atom. The molecule has 0 aliphatic heterocycles. The first-order valence-corrected chi connectivity index (χ1v) is 11.5. The van der Waals surface area contributed by atoms with E-state index >= 15 is 0 Å². The van der Waals surface area contributed by atoms with Crippen molar-refractivity contribution in [2.75, 3.05) is 5.32 Å². The monoisotopic (exact) mass is 431 g/mol. The molecule has 2 aromatic heterocycles. The van der Waals surface area contributed by atoms with E-state index in [1.165, 1.54) is 49.6 Å². The quantitative estimate of drug-likeness (QED) is 0.492. The van der Waals surface area contributed by atoms with Gasteiger partial charge >= 0.3 is 0 Å². The van der Waals surface area contributed by atoms with Crippen molar-refractivity contribution in [3.63, 3.8) is 0 Å². The molecule has 0 spiro atoms. The van der Waals surface area contributed by atoms with Gasteiger partial charge in [-0.25, -0.2) is 4.98 Å². The number of anilines is 1. The second-order valence-corrected chi connectivity index (χ2v) is 9.53. The van der Waals surface area contributed by atoms with E-state index in [9.17, 15) is 9.90 Å². The Morgan fingerprint density at radius 1 is 1.24 bits per heavy atom. The number of hydrogen-bond donors (Lipinski definition) is 2. The number of carbonyl (C=O) groups is 1. The molecule has 4 rings (SSSR count). The molecule has 2 N–H and O–H groups in total. The fraction of sp³-hybridized carbons (Fsp3) is 0.455. The van der Waals surface area contributed by atoms with E-state index in [0.717, 1.165) is 23.6 Å². The lowest BCUT2D eigenvalue weighted by molar-refractivity contribution is -0.120. The molecule has 0 bridgehead atoms. The Morgan fingerprint density at radius 3 is 2.66 bits per heavy atom. The summed E-state index contributed by atoms with van der Waals surface area (Å²) in [7, 11) is 0. The maximum absolute atomic E-state index is 13.3. The fourth-order valence-electron chi connectivity index (χ4n) is 4.34. The molecule has 0 saturated heterocycles. The normalized spacial score (nSPS) is 17.0. The number of rotatable bonds is 5. The molecule has 1 fully saturated rings. The van der Waals surface area contributed by atoms with Crippen LogP contribution in [0.4, 0.5) is 5.13 Å². The van der Waals surface area contributed by atoms with Gasteiger partial charge in [-0.15, -0.1) is 0 Å². The lowest BCUT2D eigenvalue weighted by Gasteiger charge is -2.26. The second-order valence-electron chi connectivity index (χ2n) is 7.87. The summed E-state index contributed by atoms with van der Waals surface area (Å²) in [4.78, 5) is 17.4. The highest BCUT2D eigenvalue weighted by Gasteiger charge is 2.28. The van der Waals surface area contributed by atoms with Crippen LogP contribution in [0.15, 0.2) is 36.7 Å². The summed E-state index contributed by atoms with van der Waals surface area (Å²) in [6, 6.07) is 7.18. The SMILES string of the molecule is O=C(Nc1ncc(Cl)s1)C(CC1CCCCCCC1)n1cc2ccccc2c1O. The van der Waals surface area contributed by atoms with E-state index in [-0.39, 0.29) is 11.8 Å². The number of amides is 1. The third kappa shape index (κ3) is 4.75. The van der Waals surface area contributed by atoms with E-state index in [0.29, 0.717) is 21.8 Å². The number of nitrogens with one attached hydrogen (secondary N) is 1. The van der Waals surface area contributed by atoms with Crippen molar-refractivity contribution in [2.24, 2.45) is 5.92 Å². The van der Waals surface area contributed by atoms with Crippen LogP contribution in [0.3, 0.4) is 0 Å². The average molecular weight is 432 g/mol. The molecular formula is C22H26ClN3O2S. The topological polar surface area (TPSA) is 67.2 Å². The number of aromatic nitrogens is 2. The highest BCUT2D eigenvalue weighted by Crippen LogP contribution is 2.36. The first-order chi connectivity index (χ1) is 14.1. The molecule has 1 amide bonds. The summed E-state index contributed by atoms with van der Waals surface area (Å²) in [5, 5.41) is 15.9. The zero-order valence-corrected chi connectivity index (χ0v) is 17.9. The minimum absolute atomic E-state index is 0.142. The van der Waals surface area contributed by atoms with Gasteiger partial charge in [-0.3, -0.25) is 4.79 Å². The van der Waals surface area contributed by atoms with Crippen molar-refractivity contribution in [3.05, 3.63) is 41.0 Å². The van der Waals surface area contributed by atoms with Crippen LogP contribution in [0.2, 0.25) is 4.34 Å². The van der Waals surface area contributed by atoms with Gasteiger partial charge in [-0.05, 0) is 18.4 Å². The molecule has 2 heterocycles. The maximum Gasteiger partial charge on any atom is 0.249 e. The lowest BCUT2D eigenvalue weighted by Crippen LogP contribution is -2.28. The summed E-state index contributed by atoms with van der Waals surface area (Å²) in [5.74, 6) is 0.452. The largest absolute Gasteiger partial charge is 0.494 e. The van der Waals surface area contributed by atoms with Crippen molar-refractivity contribution in [1.82, 2.24) is 9.55 Å². The summed E-state index contributed by atoms with van der Waals surface area (Å²) in [6.45, 7) is 0. The summed E-state index contributed by atoms with van der Waals surface area (Å²) >= 11 is 7.21. The number of hydrogen-bond acceptors (Lipinski definition) is 4. The molecule has 1 saturated carbocycles. The zero-order valence-electron chi connectivity index (χ0n) is 16.3. The Bertz CT molecular complexity index is 976. The average Bonchev–Trinajstić information content (AvgIpc) is 3.24. The molecule has 7 heteroatoms. The Labute approximate surface area is 179 Å². The van der Waals surface area contributed by atoms with Gasteiger partial charge in [0, 0.05) is 17.0 Å². The van der Waals surface area contributed by atoms with Crippen molar-refractivity contribution in [1.29, 1.82) is 0 Å². The Balaban J connectivity index is 1.63. The van der Waals surface area contributed by atoms with E-state index in [2.05, 4.69) is 10.3 Å². The number of halogens is 1. The van der Waals surface area contributed by atoms with Gasteiger partial charge < -0.3 is 15.0 Å². The molecule has 1 unspecified atom stereocenters. The van der Waals surface area contributed by atoms with Crippen LogP contribution in [0.1, 0.15) is 57.4 Å². The van der Waals surface area contributed by atoms with E-state index in [1.807, 2.05) is 30.5 Å². The van der Waals surface area contributed by atoms with Crippen LogP contribution < -0.4 is 5.32 Å². The third-order valence-corrected chi connectivity index (χ3v) is 6.88. The van der Waals surface area contributed by atoms with Crippen molar-refractivity contribution in [2.45, 2.75) is 57.4 Å². The number of carbonyl (C=O) groups excluding carboxylic acids is 1. The second kappa shape index (κ2) is 9.18. The molecule has 5 nitrogen and oxygen atoms in total. The molecule has 3 aromatic rings. The van der Waals surface area contributed by atoms with Crippen LogP contribution in [0.25, 0.3) is 10.8 Å². The molecule has 154 valence electrons. The first-order valence-electron chi connectivity index (χ1n) is 10.3. The first kappa shape index (κ1) is 20.2. The number of aromatic hydroxyl groups is 1. The summed E-state index contributed by atoms with van der Waals surface area (Å²) in [6.07, 6.45) is 12.7. The van der Waals surface area contributed by atoms with Crippen LogP contribution in [0, 0.1) is 5.92 Å². The minimum atomic E-state index is -0.491. The van der Waals surface area contributed by atoms with Crippen molar-refractivity contribution in [3.8, 4) is 5.88 Å². The number of fused-ring (bicyclic) bond motifs is 1. The van der Waals surface area contributed by atoms with Gasteiger partial charge in [-0.1, -0.05) is 86.1 Å². The highest BCUT2D eigenvalue weighted by atomic mass is 35.5. The standard InChI is InChI=1S/C22H26ClN3O2S/c23-19-13-24-22(29-19)25-20(27)18(12-15-8-4-2-1-3-5-9-15)26-14-16-10-6-7-11-17(16)21(26)28/h6-7,10-11,13-15,18,28H,1-5,8-9,12H2,(H,24,25,27). The lowest BCUT2D eigenvalue weighted by atomic mass is 9.86. The van der Waals surface area contributed by atoms with E-state index < -0.39 is 6.04 Å². The molecule has 29 heavy (non-hydrogen) atoms. The molecule has 1 aliphatic carbocycles. The van der Waals surface area contributed by atoms with Gasteiger partial charge in [0.15, 0.2) is 11.0 Å². The molecule has 1 aliphatic rings. The highest BCUT2D eigenvalue weighted by molar-refractivity contribution is 7.19. The third-order valence-electron chi connectivity index (χ3n) is 5.85. The van der Waals surface area contributed by atoms with Gasteiger partial charge in [0.1, 0.15) is 10.4 Å². The molecule has 1 aromatic carbocycles. The summed E-state index contributed by atoms with van der Waals surface area (Å²) in [5.41, 5.74) is 0. The minimum Gasteiger partial charge on any atom is -0.494 e. The van der Waals surface area contributed by atoms with Gasteiger partial charge in [0.2, 0.25) is 5.91 Å². The summed E-state index contributed by atoms with van der Waals surface area (Å²) < 4.78 is 2.26. The van der Waals surface area contributed by atoms with Gasteiger partial charge in [0.25, 0.3) is 0 Å². The van der Waals surface area contributed by atoms with Gasteiger partial charge in [0.05, 0.1) is 6.20 Å². The van der Waals surface area contributed by atoms with E-state index in [1.54, 1.807) is 4.57 Å². The number of nitrogens with zero attached hydrogens (tertiary/aromatic N) is 2. The predicted molar refractivity (Wildman–Crippen MR) is 119 cm³/mol. The van der Waals surface area contributed by atoms with Crippen LogP contribution >= 0.6 is 22.9 Å². The van der Waals surface area contributed by atoms with Crippen LogP contribution in [0.5, 0.6) is 5.88 Å². The number of benzene rings is 1. The molecule has 1 atom stereocenters. The molecular weight excluding hydrogens is 406 g/mol. The molecule has 0 radical (unpaired) electrons. The van der Waals surface area contributed by atoms with E-state index in [4.69, 9.17) is 11.6 Å². The maximum atomic E-state index is 13.3. The smallest absolute Gasteiger partial charge is 0.249 e. The predicted octanol–water partition coefficient (Wildman–Crippen LogP) is 6.39. The van der Waals surface area contributed by atoms with Crippen LogP contribution in [-0.2, 0) is 4.79 Å². The van der Waals surface area contributed by atoms with Crippen molar-refractivity contribution >= 4 is 44.7 Å². The fourth-order valence-corrected chi connectivity index (χ4v) is 5.16.